The van der Waals surface area contributed by atoms with Crippen molar-refractivity contribution in [3.8, 4) is 17.2 Å². The van der Waals surface area contributed by atoms with E-state index in [1.165, 1.54) is 6.07 Å². The van der Waals surface area contributed by atoms with E-state index in [0.29, 0.717) is 40.7 Å². The summed E-state index contributed by atoms with van der Waals surface area (Å²) >= 11 is 0. The number of nitrogens with one attached hydrogen (secondary N) is 2. The van der Waals surface area contributed by atoms with E-state index >= 15 is 0 Å². The monoisotopic (exact) mass is 571 g/mol. The van der Waals surface area contributed by atoms with Gasteiger partial charge in [-0.25, -0.2) is 0 Å². The standard InChI is InChI=1S/C35H29N3O5/c36-33(39)27-10-7-11-28(22-27)37-35(41)32(25-14-18-29(19-15-25)42-23-24-8-3-1-4-9-24)38-34(40)26-16-20-31(21-17-26)43-30-12-5-2-6-13-30/h1-22,32H,23H2,(H2,36,39)(H,37,41)(H,38,40)/t32-/m0/s1. The van der Waals surface area contributed by atoms with Crippen molar-refractivity contribution in [1.29, 1.82) is 0 Å². The molecule has 0 unspecified atom stereocenters. The maximum absolute atomic E-state index is 13.5. The summed E-state index contributed by atoms with van der Waals surface area (Å²) in [6.45, 7) is 0.390. The molecule has 4 N–H and O–H groups in total. The fourth-order valence-electron chi connectivity index (χ4n) is 4.28. The largest absolute Gasteiger partial charge is 0.489 e. The first kappa shape index (κ1) is 28.6. The van der Waals surface area contributed by atoms with Gasteiger partial charge in [-0.3, -0.25) is 14.4 Å². The molecule has 0 radical (unpaired) electrons. The average molecular weight is 572 g/mol. The Morgan fingerprint density at radius 3 is 1.95 bits per heavy atom. The molecule has 0 spiro atoms. The molecule has 0 aliphatic rings. The number of benzene rings is 5. The predicted octanol–water partition coefficient (Wildman–Crippen LogP) is 6.27. The van der Waals surface area contributed by atoms with Crippen LogP contribution in [0.2, 0.25) is 0 Å². The van der Waals surface area contributed by atoms with E-state index in [2.05, 4.69) is 10.6 Å². The molecule has 0 aliphatic carbocycles. The van der Waals surface area contributed by atoms with Crippen LogP contribution in [0.4, 0.5) is 5.69 Å². The fourth-order valence-corrected chi connectivity index (χ4v) is 4.28. The Balaban J connectivity index is 1.33. The Hall–Kier alpha value is -5.89. The summed E-state index contributed by atoms with van der Waals surface area (Å²) in [5.74, 6) is 0.275. The molecular formula is C35H29N3O5. The van der Waals surface area contributed by atoms with Gasteiger partial charge in [-0.2, -0.15) is 0 Å². The number of para-hydroxylation sites is 1. The topological polar surface area (TPSA) is 120 Å². The van der Waals surface area contributed by atoms with Gasteiger partial charge >= 0.3 is 0 Å². The van der Waals surface area contributed by atoms with Gasteiger partial charge in [0.2, 0.25) is 5.91 Å². The van der Waals surface area contributed by atoms with E-state index in [4.69, 9.17) is 15.2 Å². The molecule has 5 aromatic carbocycles. The second kappa shape index (κ2) is 13.6. The van der Waals surface area contributed by atoms with Crippen molar-refractivity contribution in [3.63, 3.8) is 0 Å². The summed E-state index contributed by atoms with van der Waals surface area (Å²) in [5, 5.41) is 5.61. The molecule has 3 amide bonds. The van der Waals surface area contributed by atoms with Gasteiger partial charge < -0.3 is 25.8 Å². The number of hydrogen-bond acceptors (Lipinski definition) is 5. The number of amides is 3. The van der Waals surface area contributed by atoms with E-state index in [9.17, 15) is 14.4 Å². The van der Waals surface area contributed by atoms with Gasteiger partial charge in [0, 0.05) is 16.8 Å². The predicted molar refractivity (Wildman–Crippen MR) is 164 cm³/mol. The number of ether oxygens (including phenoxy) is 2. The molecule has 0 aromatic heterocycles. The van der Waals surface area contributed by atoms with Crippen molar-refractivity contribution in [1.82, 2.24) is 5.32 Å². The molecule has 5 aromatic rings. The van der Waals surface area contributed by atoms with Crippen molar-refractivity contribution >= 4 is 23.4 Å². The summed E-state index contributed by atoms with van der Waals surface area (Å²) in [6.07, 6.45) is 0. The number of carbonyl (C=O) groups excluding carboxylic acids is 3. The lowest BCUT2D eigenvalue weighted by atomic mass is 10.0. The highest BCUT2D eigenvalue weighted by atomic mass is 16.5. The van der Waals surface area contributed by atoms with Crippen LogP contribution >= 0.6 is 0 Å². The van der Waals surface area contributed by atoms with Crippen molar-refractivity contribution in [3.05, 3.63) is 156 Å². The highest BCUT2D eigenvalue weighted by molar-refractivity contribution is 6.02. The minimum Gasteiger partial charge on any atom is -0.489 e. The van der Waals surface area contributed by atoms with E-state index in [0.717, 1.165) is 5.56 Å². The quantitative estimate of drug-likeness (QED) is 0.173. The first-order valence-corrected chi connectivity index (χ1v) is 13.6. The third-order valence-corrected chi connectivity index (χ3v) is 6.51. The highest BCUT2D eigenvalue weighted by Gasteiger charge is 2.24. The third kappa shape index (κ3) is 7.86. The number of hydrogen-bond donors (Lipinski definition) is 3. The second-order valence-corrected chi connectivity index (χ2v) is 9.62. The first-order valence-electron chi connectivity index (χ1n) is 13.6. The molecule has 0 fully saturated rings. The summed E-state index contributed by atoms with van der Waals surface area (Å²) in [4.78, 5) is 38.5. The van der Waals surface area contributed by atoms with Gasteiger partial charge in [-0.15, -0.1) is 0 Å². The Bertz CT molecular complexity index is 1690. The number of primary amides is 1. The molecule has 1 atom stereocenters. The van der Waals surface area contributed by atoms with Crippen LogP contribution in [0.3, 0.4) is 0 Å². The zero-order chi connectivity index (χ0) is 30.0. The third-order valence-electron chi connectivity index (χ3n) is 6.51. The maximum atomic E-state index is 13.5. The summed E-state index contributed by atoms with van der Waals surface area (Å²) < 4.78 is 11.7. The molecule has 8 heteroatoms. The fraction of sp³-hybridized carbons (Fsp3) is 0.0571. The zero-order valence-electron chi connectivity index (χ0n) is 23.1. The van der Waals surface area contributed by atoms with Crippen molar-refractivity contribution < 1.29 is 23.9 Å². The van der Waals surface area contributed by atoms with Crippen LogP contribution in [-0.2, 0) is 11.4 Å². The Kier molecular flexibility index (Phi) is 9.09. The van der Waals surface area contributed by atoms with E-state index in [1.807, 2.05) is 60.7 Å². The van der Waals surface area contributed by atoms with Crippen LogP contribution in [0.5, 0.6) is 17.2 Å². The van der Waals surface area contributed by atoms with Crippen LogP contribution < -0.4 is 25.8 Å². The van der Waals surface area contributed by atoms with Crippen LogP contribution in [0.1, 0.15) is 37.9 Å². The lowest BCUT2D eigenvalue weighted by molar-refractivity contribution is -0.118. The Labute approximate surface area is 249 Å². The molecule has 5 rings (SSSR count). The molecule has 214 valence electrons. The van der Waals surface area contributed by atoms with Gasteiger partial charge in [0.1, 0.15) is 29.9 Å². The molecule has 0 heterocycles. The molecular weight excluding hydrogens is 542 g/mol. The lowest BCUT2D eigenvalue weighted by Gasteiger charge is -2.20. The van der Waals surface area contributed by atoms with Crippen molar-refractivity contribution in [2.75, 3.05) is 5.32 Å². The van der Waals surface area contributed by atoms with E-state index < -0.39 is 23.8 Å². The van der Waals surface area contributed by atoms with Crippen LogP contribution in [-0.4, -0.2) is 17.7 Å². The van der Waals surface area contributed by atoms with Gasteiger partial charge in [0.15, 0.2) is 0 Å². The summed E-state index contributed by atoms with van der Waals surface area (Å²) in [7, 11) is 0. The number of nitrogens with two attached hydrogens (primary N) is 1. The Morgan fingerprint density at radius 2 is 1.28 bits per heavy atom. The van der Waals surface area contributed by atoms with Crippen LogP contribution in [0.15, 0.2) is 133 Å². The molecule has 0 aliphatic heterocycles. The van der Waals surface area contributed by atoms with Crippen molar-refractivity contribution in [2.24, 2.45) is 5.73 Å². The summed E-state index contributed by atoms with van der Waals surface area (Å²) in [6, 6.07) is 37.8. The lowest BCUT2D eigenvalue weighted by Crippen LogP contribution is -2.37. The van der Waals surface area contributed by atoms with Crippen LogP contribution in [0.25, 0.3) is 0 Å². The molecule has 0 saturated heterocycles. The Morgan fingerprint density at radius 1 is 0.651 bits per heavy atom. The van der Waals surface area contributed by atoms with Gasteiger partial charge in [0.05, 0.1) is 0 Å². The smallest absolute Gasteiger partial charge is 0.252 e. The number of carbonyl (C=O) groups is 3. The van der Waals surface area contributed by atoms with Gasteiger partial charge in [-0.05, 0) is 77.9 Å². The minimum absolute atomic E-state index is 0.246. The molecule has 8 nitrogen and oxygen atoms in total. The summed E-state index contributed by atoms with van der Waals surface area (Å²) in [5.41, 5.74) is 7.91. The van der Waals surface area contributed by atoms with Gasteiger partial charge in [-0.1, -0.05) is 66.7 Å². The van der Waals surface area contributed by atoms with Crippen LogP contribution in [0, 0.1) is 0 Å². The minimum atomic E-state index is -1.06. The first-order chi connectivity index (χ1) is 20.9. The normalized spacial score (nSPS) is 11.2. The van der Waals surface area contributed by atoms with E-state index in [1.54, 1.807) is 66.7 Å². The molecule has 0 saturated carbocycles. The highest BCUT2D eigenvalue weighted by Crippen LogP contribution is 2.24. The average Bonchev–Trinajstić information content (AvgIpc) is 3.04. The van der Waals surface area contributed by atoms with E-state index in [-0.39, 0.29) is 5.56 Å². The van der Waals surface area contributed by atoms with Crippen molar-refractivity contribution in [2.45, 2.75) is 12.6 Å². The molecule has 43 heavy (non-hydrogen) atoms. The molecule has 0 bridgehead atoms. The van der Waals surface area contributed by atoms with Gasteiger partial charge in [0.25, 0.3) is 11.8 Å². The zero-order valence-corrected chi connectivity index (χ0v) is 23.1. The second-order valence-electron chi connectivity index (χ2n) is 9.62. The number of rotatable bonds is 11. The maximum Gasteiger partial charge on any atom is 0.252 e. The number of anilines is 1. The SMILES string of the molecule is NC(=O)c1cccc(NC(=O)[C@@H](NC(=O)c2ccc(Oc3ccccc3)cc2)c2ccc(OCc3ccccc3)cc2)c1.